The summed E-state index contributed by atoms with van der Waals surface area (Å²) in [6.07, 6.45) is 3.41. The maximum absolute atomic E-state index is 12.5. The van der Waals surface area contributed by atoms with Gasteiger partial charge in [-0.3, -0.25) is 25.4 Å². The second-order valence-corrected chi connectivity index (χ2v) is 6.50. The lowest BCUT2D eigenvalue weighted by atomic mass is 10.1. The van der Waals surface area contributed by atoms with Gasteiger partial charge in [-0.1, -0.05) is 6.07 Å². The number of amides is 2. The highest BCUT2D eigenvalue weighted by Crippen LogP contribution is 2.38. The van der Waals surface area contributed by atoms with Crippen LogP contribution in [0.5, 0.6) is 23.0 Å². The Labute approximate surface area is 185 Å². The Morgan fingerprint density at radius 2 is 1.47 bits per heavy atom. The Kier molecular flexibility index (Phi) is 7.47. The maximum atomic E-state index is 12.5. The van der Waals surface area contributed by atoms with Crippen LogP contribution in [-0.4, -0.2) is 38.1 Å². The van der Waals surface area contributed by atoms with Crippen LogP contribution in [0.25, 0.3) is 0 Å². The van der Waals surface area contributed by atoms with Crippen molar-refractivity contribution in [2.24, 2.45) is 0 Å². The Morgan fingerprint density at radius 1 is 0.844 bits per heavy atom. The van der Waals surface area contributed by atoms with E-state index in [-0.39, 0.29) is 5.56 Å². The van der Waals surface area contributed by atoms with Gasteiger partial charge in [0.05, 0.1) is 21.3 Å². The molecule has 2 aromatic carbocycles. The number of carbonyl (C=O) groups excluding carboxylic acids is 2. The van der Waals surface area contributed by atoms with E-state index >= 15 is 0 Å². The van der Waals surface area contributed by atoms with Crippen molar-refractivity contribution < 1.29 is 28.5 Å². The molecular formula is C23H23N3O6. The highest BCUT2D eigenvalue weighted by atomic mass is 16.5. The molecule has 0 saturated heterocycles. The number of hydrogen-bond donors (Lipinski definition) is 2. The van der Waals surface area contributed by atoms with Crippen molar-refractivity contribution in [3.8, 4) is 23.0 Å². The van der Waals surface area contributed by atoms with Crippen molar-refractivity contribution in [2.45, 2.75) is 6.61 Å². The lowest BCUT2D eigenvalue weighted by Gasteiger charge is -2.14. The zero-order chi connectivity index (χ0) is 22.9. The minimum Gasteiger partial charge on any atom is -0.493 e. The third kappa shape index (κ3) is 5.45. The molecule has 3 rings (SSSR count). The zero-order valence-electron chi connectivity index (χ0n) is 17.9. The number of hydrogen-bond acceptors (Lipinski definition) is 7. The average molecular weight is 437 g/mol. The fraction of sp³-hybridized carbons (Fsp3) is 0.174. The monoisotopic (exact) mass is 437 g/mol. The summed E-state index contributed by atoms with van der Waals surface area (Å²) in [6.45, 7) is 0.365. The molecule has 0 bridgehead atoms. The van der Waals surface area contributed by atoms with Gasteiger partial charge in [0.15, 0.2) is 11.5 Å². The van der Waals surface area contributed by atoms with Gasteiger partial charge in [0, 0.05) is 29.1 Å². The van der Waals surface area contributed by atoms with Gasteiger partial charge >= 0.3 is 0 Å². The van der Waals surface area contributed by atoms with Crippen molar-refractivity contribution in [1.82, 2.24) is 15.8 Å². The second-order valence-electron chi connectivity index (χ2n) is 6.50. The molecule has 166 valence electrons. The minimum absolute atomic E-state index is 0.221. The van der Waals surface area contributed by atoms with Gasteiger partial charge in [0.1, 0.15) is 12.4 Å². The zero-order valence-corrected chi connectivity index (χ0v) is 17.9. The van der Waals surface area contributed by atoms with E-state index in [0.29, 0.717) is 35.2 Å². The van der Waals surface area contributed by atoms with Crippen LogP contribution in [0.15, 0.2) is 60.9 Å². The lowest BCUT2D eigenvalue weighted by Crippen LogP contribution is -2.41. The number of benzene rings is 2. The Morgan fingerprint density at radius 3 is 2.00 bits per heavy atom. The summed E-state index contributed by atoms with van der Waals surface area (Å²) in [7, 11) is 4.37. The van der Waals surface area contributed by atoms with E-state index in [1.165, 1.54) is 33.5 Å². The van der Waals surface area contributed by atoms with Gasteiger partial charge in [-0.15, -0.1) is 0 Å². The van der Waals surface area contributed by atoms with E-state index in [1.807, 2.05) is 12.1 Å². The number of nitrogens with one attached hydrogen (secondary N) is 2. The SMILES string of the molecule is COc1cc(C(=O)NNC(=O)c2ccc(OCc3cccnc3)cc2)cc(OC)c1OC. The van der Waals surface area contributed by atoms with Crippen LogP contribution >= 0.6 is 0 Å². The molecule has 32 heavy (non-hydrogen) atoms. The summed E-state index contributed by atoms with van der Waals surface area (Å²) in [5, 5.41) is 0. The summed E-state index contributed by atoms with van der Waals surface area (Å²) >= 11 is 0. The first-order valence-corrected chi connectivity index (χ1v) is 9.58. The molecule has 0 saturated carbocycles. The quantitative estimate of drug-likeness (QED) is 0.522. The fourth-order valence-electron chi connectivity index (χ4n) is 2.82. The van der Waals surface area contributed by atoms with E-state index in [9.17, 15) is 9.59 Å². The first-order valence-electron chi connectivity index (χ1n) is 9.58. The highest BCUT2D eigenvalue weighted by molar-refractivity contribution is 5.99. The largest absolute Gasteiger partial charge is 0.493 e. The molecule has 9 heteroatoms. The molecule has 2 N–H and O–H groups in total. The van der Waals surface area contributed by atoms with Gasteiger partial charge < -0.3 is 18.9 Å². The third-order valence-corrected chi connectivity index (χ3v) is 4.46. The van der Waals surface area contributed by atoms with Crippen LogP contribution in [0.4, 0.5) is 0 Å². The molecule has 1 aromatic heterocycles. The molecular weight excluding hydrogens is 414 g/mol. The van der Waals surface area contributed by atoms with E-state index in [2.05, 4.69) is 15.8 Å². The second kappa shape index (κ2) is 10.7. The van der Waals surface area contributed by atoms with Crippen molar-refractivity contribution in [3.63, 3.8) is 0 Å². The van der Waals surface area contributed by atoms with Crippen molar-refractivity contribution >= 4 is 11.8 Å². The van der Waals surface area contributed by atoms with Gasteiger partial charge in [0.2, 0.25) is 5.75 Å². The van der Waals surface area contributed by atoms with E-state index in [4.69, 9.17) is 18.9 Å². The lowest BCUT2D eigenvalue weighted by molar-refractivity contribution is 0.0846. The molecule has 0 aliphatic rings. The Bertz CT molecular complexity index is 1050. The van der Waals surface area contributed by atoms with Crippen LogP contribution < -0.4 is 29.8 Å². The topological polar surface area (TPSA) is 108 Å². The van der Waals surface area contributed by atoms with E-state index < -0.39 is 11.8 Å². The molecule has 2 amide bonds. The average Bonchev–Trinajstić information content (AvgIpc) is 2.85. The predicted octanol–water partition coefficient (Wildman–Crippen LogP) is 2.76. The molecule has 0 aliphatic carbocycles. The number of rotatable bonds is 8. The van der Waals surface area contributed by atoms with Gasteiger partial charge in [-0.2, -0.15) is 0 Å². The van der Waals surface area contributed by atoms with E-state index in [0.717, 1.165) is 5.56 Å². The summed E-state index contributed by atoms with van der Waals surface area (Å²) in [5.74, 6) is 0.585. The molecule has 1 heterocycles. The number of hydrazine groups is 1. The fourth-order valence-corrected chi connectivity index (χ4v) is 2.82. The molecule has 0 fully saturated rings. The predicted molar refractivity (Wildman–Crippen MR) is 116 cm³/mol. The first kappa shape index (κ1) is 22.4. The van der Waals surface area contributed by atoms with Crippen LogP contribution in [0.1, 0.15) is 26.3 Å². The van der Waals surface area contributed by atoms with Gasteiger partial charge in [-0.05, 0) is 42.5 Å². The number of ether oxygens (including phenoxy) is 4. The molecule has 0 radical (unpaired) electrons. The summed E-state index contributed by atoms with van der Waals surface area (Å²) in [6, 6.07) is 13.2. The Hall–Kier alpha value is -4.27. The van der Waals surface area contributed by atoms with Crippen molar-refractivity contribution in [2.75, 3.05) is 21.3 Å². The third-order valence-electron chi connectivity index (χ3n) is 4.46. The molecule has 0 unspecified atom stereocenters. The van der Waals surface area contributed by atoms with Crippen LogP contribution in [0, 0.1) is 0 Å². The minimum atomic E-state index is -0.547. The summed E-state index contributed by atoms with van der Waals surface area (Å²) < 4.78 is 21.4. The standard InChI is InChI=1S/C23H23N3O6/c1-29-19-11-17(12-20(30-2)21(19)31-3)23(28)26-25-22(27)16-6-8-18(9-7-16)32-14-15-5-4-10-24-13-15/h4-13H,14H2,1-3H3,(H,25,27)(H,26,28). The maximum Gasteiger partial charge on any atom is 0.269 e. The van der Waals surface area contributed by atoms with Crippen molar-refractivity contribution in [1.29, 1.82) is 0 Å². The molecule has 9 nitrogen and oxygen atoms in total. The summed E-state index contributed by atoms with van der Waals surface area (Å²) in [5.41, 5.74) is 6.25. The normalized spacial score (nSPS) is 10.1. The van der Waals surface area contributed by atoms with Gasteiger partial charge in [-0.25, -0.2) is 0 Å². The van der Waals surface area contributed by atoms with Crippen molar-refractivity contribution in [3.05, 3.63) is 77.6 Å². The molecule has 0 aliphatic heterocycles. The van der Waals surface area contributed by atoms with Crippen LogP contribution in [0.3, 0.4) is 0 Å². The number of methoxy groups -OCH3 is 3. The number of aromatic nitrogens is 1. The summed E-state index contributed by atoms with van der Waals surface area (Å²) in [4.78, 5) is 28.9. The Balaban J connectivity index is 1.58. The number of pyridine rings is 1. The first-order chi connectivity index (χ1) is 15.5. The smallest absolute Gasteiger partial charge is 0.269 e. The molecule has 0 spiro atoms. The number of carbonyl (C=O) groups is 2. The number of nitrogens with zero attached hydrogens (tertiary/aromatic N) is 1. The molecule has 0 atom stereocenters. The molecule has 3 aromatic rings. The van der Waals surface area contributed by atoms with E-state index in [1.54, 1.807) is 36.7 Å². The van der Waals surface area contributed by atoms with Crippen LogP contribution in [0.2, 0.25) is 0 Å². The highest BCUT2D eigenvalue weighted by Gasteiger charge is 2.17. The van der Waals surface area contributed by atoms with Crippen LogP contribution in [-0.2, 0) is 6.61 Å². The van der Waals surface area contributed by atoms with Gasteiger partial charge in [0.25, 0.3) is 11.8 Å².